The van der Waals surface area contributed by atoms with Gasteiger partial charge in [0.2, 0.25) is 0 Å². The predicted octanol–water partition coefficient (Wildman–Crippen LogP) is 4.49. The van der Waals surface area contributed by atoms with E-state index in [4.69, 9.17) is 4.84 Å². The van der Waals surface area contributed by atoms with Gasteiger partial charge < -0.3 is 4.90 Å². The van der Waals surface area contributed by atoms with Crippen LogP contribution in [-0.2, 0) is 10.3 Å². The van der Waals surface area contributed by atoms with Gasteiger partial charge >= 0.3 is 0 Å². The van der Waals surface area contributed by atoms with Gasteiger partial charge in [-0.15, -0.1) is 0 Å². The molecular formula is C25H29N3O2. The number of piperidine rings is 1. The molecular weight excluding hydrogens is 374 g/mol. The van der Waals surface area contributed by atoms with Gasteiger partial charge in [0.05, 0.1) is 5.70 Å². The molecule has 3 heterocycles. The molecule has 0 atom stereocenters. The van der Waals surface area contributed by atoms with E-state index in [-0.39, 0.29) is 16.8 Å². The van der Waals surface area contributed by atoms with Gasteiger partial charge in [0.1, 0.15) is 5.60 Å². The smallest absolute Gasteiger partial charge is 0.188 e. The quantitative estimate of drug-likeness (QED) is 0.602. The molecule has 1 fully saturated rings. The minimum Gasteiger partial charge on any atom is -0.377 e. The van der Waals surface area contributed by atoms with Crippen molar-refractivity contribution in [3.8, 4) is 0 Å². The second-order valence-corrected chi connectivity index (χ2v) is 9.09. The van der Waals surface area contributed by atoms with Crippen LogP contribution in [0.1, 0.15) is 55.2 Å². The maximum Gasteiger partial charge on any atom is 0.188 e. The van der Waals surface area contributed by atoms with Gasteiger partial charge in [-0.3, -0.25) is 20.1 Å². The molecule has 1 saturated heterocycles. The SMILES string of the molecule is CC(C)(C)c1ccc(C(=O)C=CN2CCC3(C=C(c4ccccc4)NO3)CC2)cn1. The molecule has 2 aliphatic rings. The van der Waals surface area contributed by atoms with Crippen molar-refractivity contribution >= 4 is 11.5 Å². The Hall–Kier alpha value is -2.92. The third kappa shape index (κ3) is 4.46. The first-order valence-corrected chi connectivity index (χ1v) is 10.5. The van der Waals surface area contributed by atoms with Crippen molar-refractivity contribution in [3.63, 3.8) is 0 Å². The topological polar surface area (TPSA) is 54.5 Å². The molecule has 4 rings (SSSR count). The normalized spacial score (nSPS) is 18.5. The fourth-order valence-electron chi connectivity index (χ4n) is 3.79. The van der Waals surface area contributed by atoms with Crippen molar-refractivity contribution in [2.24, 2.45) is 0 Å². The van der Waals surface area contributed by atoms with Crippen molar-refractivity contribution in [2.75, 3.05) is 13.1 Å². The third-order valence-electron chi connectivity index (χ3n) is 5.75. The Labute approximate surface area is 178 Å². The summed E-state index contributed by atoms with van der Waals surface area (Å²) in [5, 5.41) is 0. The summed E-state index contributed by atoms with van der Waals surface area (Å²) in [5.41, 5.74) is 6.57. The van der Waals surface area contributed by atoms with Crippen LogP contribution in [0.4, 0.5) is 0 Å². The second kappa shape index (κ2) is 8.07. The molecule has 156 valence electrons. The second-order valence-electron chi connectivity index (χ2n) is 9.09. The highest BCUT2D eigenvalue weighted by atomic mass is 16.7. The van der Waals surface area contributed by atoms with Crippen LogP contribution in [0.25, 0.3) is 5.70 Å². The number of aromatic nitrogens is 1. The number of pyridine rings is 1. The van der Waals surface area contributed by atoms with Gasteiger partial charge in [-0.1, -0.05) is 51.1 Å². The van der Waals surface area contributed by atoms with Crippen LogP contribution in [-0.4, -0.2) is 34.4 Å². The molecule has 0 saturated carbocycles. The number of hydrogen-bond acceptors (Lipinski definition) is 5. The minimum atomic E-state index is -0.272. The number of likely N-dealkylation sites (tertiary alicyclic amines) is 1. The summed E-state index contributed by atoms with van der Waals surface area (Å²) < 4.78 is 0. The zero-order valence-corrected chi connectivity index (χ0v) is 17.9. The molecule has 0 unspecified atom stereocenters. The van der Waals surface area contributed by atoms with E-state index in [0.29, 0.717) is 5.56 Å². The molecule has 2 aromatic rings. The number of carbonyl (C=O) groups is 1. The Kier molecular flexibility index (Phi) is 5.48. The number of carbonyl (C=O) groups excluding carboxylic acids is 1. The largest absolute Gasteiger partial charge is 0.377 e. The summed E-state index contributed by atoms with van der Waals surface area (Å²) in [7, 11) is 0. The lowest BCUT2D eigenvalue weighted by Crippen LogP contribution is -2.42. The van der Waals surface area contributed by atoms with Crippen LogP contribution >= 0.6 is 0 Å². The Bertz CT molecular complexity index is 948. The number of allylic oxidation sites excluding steroid dienone is 1. The zero-order chi connectivity index (χ0) is 21.2. The Morgan fingerprint density at radius 2 is 1.87 bits per heavy atom. The maximum absolute atomic E-state index is 12.5. The number of benzene rings is 1. The first-order valence-electron chi connectivity index (χ1n) is 10.5. The van der Waals surface area contributed by atoms with Crippen LogP contribution < -0.4 is 5.48 Å². The van der Waals surface area contributed by atoms with E-state index < -0.39 is 0 Å². The number of nitrogens with zero attached hydrogens (tertiary/aromatic N) is 2. The van der Waals surface area contributed by atoms with Crippen LogP contribution in [0.3, 0.4) is 0 Å². The molecule has 1 N–H and O–H groups in total. The van der Waals surface area contributed by atoms with Gasteiger partial charge in [-0.25, -0.2) is 0 Å². The average molecular weight is 404 g/mol. The van der Waals surface area contributed by atoms with Gasteiger partial charge in [0, 0.05) is 61.1 Å². The summed E-state index contributed by atoms with van der Waals surface area (Å²) in [4.78, 5) is 25.1. The standard InChI is InChI=1S/C25H29N3O2/c1-24(2,3)23-10-9-20(18-26-23)22(29)11-14-28-15-12-25(13-16-28)17-21(27-30-25)19-7-5-4-6-8-19/h4-11,14,17-18,27H,12-13,15-16H2,1-3H3. The van der Waals surface area contributed by atoms with E-state index >= 15 is 0 Å². The highest BCUT2D eigenvalue weighted by molar-refractivity contribution is 6.04. The van der Waals surface area contributed by atoms with E-state index in [1.54, 1.807) is 12.3 Å². The number of hydrogen-bond donors (Lipinski definition) is 1. The first kappa shape index (κ1) is 20.4. The van der Waals surface area contributed by atoms with Gasteiger partial charge in [0.15, 0.2) is 5.78 Å². The summed E-state index contributed by atoms with van der Waals surface area (Å²) in [5.74, 6) is -0.0201. The van der Waals surface area contributed by atoms with Crippen molar-refractivity contribution in [1.29, 1.82) is 0 Å². The first-order chi connectivity index (χ1) is 14.3. The van der Waals surface area contributed by atoms with Gasteiger partial charge in [0.25, 0.3) is 0 Å². The van der Waals surface area contributed by atoms with Crippen LogP contribution in [0.15, 0.2) is 67.0 Å². The fraction of sp³-hybridized carbons (Fsp3) is 0.360. The van der Waals surface area contributed by atoms with Crippen molar-refractivity contribution in [1.82, 2.24) is 15.4 Å². The van der Waals surface area contributed by atoms with Crippen molar-refractivity contribution in [2.45, 2.75) is 44.6 Å². The van der Waals surface area contributed by atoms with Crippen molar-refractivity contribution in [3.05, 3.63) is 83.8 Å². The molecule has 5 heteroatoms. The molecule has 2 aliphatic heterocycles. The molecule has 1 aromatic heterocycles. The number of nitrogens with one attached hydrogen (secondary N) is 1. The Balaban J connectivity index is 1.34. The zero-order valence-electron chi connectivity index (χ0n) is 17.9. The van der Waals surface area contributed by atoms with Crippen LogP contribution in [0.2, 0.25) is 0 Å². The third-order valence-corrected chi connectivity index (χ3v) is 5.75. The van der Waals surface area contributed by atoms with E-state index in [2.05, 4.69) is 54.3 Å². The van der Waals surface area contributed by atoms with E-state index in [9.17, 15) is 4.79 Å². The van der Waals surface area contributed by atoms with Gasteiger partial charge in [-0.05, 0) is 23.8 Å². The average Bonchev–Trinajstić information content (AvgIpc) is 3.17. The lowest BCUT2D eigenvalue weighted by Gasteiger charge is -2.36. The predicted molar refractivity (Wildman–Crippen MR) is 119 cm³/mol. The van der Waals surface area contributed by atoms with Crippen LogP contribution in [0, 0.1) is 0 Å². The molecule has 1 spiro atoms. The van der Waals surface area contributed by atoms with Crippen molar-refractivity contribution < 1.29 is 9.63 Å². The highest BCUT2D eigenvalue weighted by Gasteiger charge is 2.38. The Morgan fingerprint density at radius 1 is 1.13 bits per heavy atom. The molecule has 5 nitrogen and oxygen atoms in total. The lowest BCUT2D eigenvalue weighted by molar-refractivity contribution is -0.0639. The summed E-state index contributed by atoms with van der Waals surface area (Å²) in [6.07, 6.45) is 9.17. The van der Waals surface area contributed by atoms with E-state index in [1.807, 2.05) is 36.5 Å². The fourth-order valence-corrected chi connectivity index (χ4v) is 3.79. The molecule has 0 bridgehead atoms. The van der Waals surface area contributed by atoms with E-state index in [1.165, 1.54) is 0 Å². The number of hydroxylamine groups is 1. The lowest BCUT2D eigenvalue weighted by atomic mass is 9.90. The molecule has 0 amide bonds. The number of rotatable bonds is 4. The molecule has 0 radical (unpaired) electrons. The summed E-state index contributed by atoms with van der Waals surface area (Å²) in [6.45, 7) is 8.01. The highest BCUT2D eigenvalue weighted by Crippen LogP contribution is 2.34. The number of ketones is 1. The minimum absolute atomic E-state index is 0.0201. The summed E-state index contributed by atoms with van der Waals surface area (Å²) in [6, 6.07) is 14.0. The maximum atomic E-state index is 12.5. The van der Waals surface area contributed by atoms with E-state index in [0.717, 1.165) is 42.9 Å². The molecule has 30 heavy (non-hydrogen) atoms. The molecule has 1 aromatic carbocycles. The monoisotopic (exact) mass is 403 g/mol. The van der Waals surface area contributed by atoms with Gasteiger partial charge in [-0.2, -0.15) is 0 Å². The van der Waals surface area contributed by atoms with Crippen LogP contribution in [0.5, 0.6) is 0 Å². The summed E-state index contributed by atoms with van der Waals surface area (Å²) >= 11 is 0. The Morgan fingerprint density at radius 3 is 2.50 bits per heavy atom. The molecule has 0 aliphatic carbocycles.